The maximum atomic E-state index is 11.5. The third-order valence-electron chi connectivity index (χ3n) is 4.32. The van der Waals surface area contributed by atoms with E-state index in [0.717, 1.165) is 19.4 Å². The van der Waals surface area contributed by atoms with Crippen molar-refractivity contribution in [3.8, 4) is 0 Å². The number of hydrogen-bond donors (Lipinski definition) is 1. The highest BCUT2D eigenvalue weighted by molar-refractivity contribution is 7.91. The molecule has 0 aromatic carbocycles. The van der Waals surface area contributed by atoms with E-state index >= 15 is 0 Å². The van der Waals surface area contributed by atoms with E-state index in [4.69, 9.17) is 0 Å². The smallest absolute Gasteiger partial charge is 0.151 e. The molecule has 1 atom stereocenters. The van der Waals surface area contributed by atoms with E-state index in [1.165, 1.54) is 12.8 Å². The fraction of sp³-hybridized carbons (Fsp3) is 1.00. The Morgan fingerprint density at radius 3 is 2.56 bits per heavy atom. The van der Waals surface area contributed by atoms with Crippen molar-refractivity contribution in [3.05, 3.63) is 0 Å². The molecule has 94 valence electrons. The van der Waals surface area contributed by atoms with Gasteiger partial charge in [-0.25, -0.2) is 8.42 Å². The first-order valence-corrected chi connectivity index (χ1v) is 8.19. The number of hydrogen-bond acceptors (Lipinski definition) is 3. The Bertz CT molecular complexity index is 344. The lowest BCUT2D eigenvalue weighted by atomic mass is 9.92. The molecule has 2 aliphatic rings. The van der Waals surface area contributed by atoms with Gasteiger partial charge in [-0.15, -0.1) is 0 Å². The first-order chi connectivity index (χ1) is 7.44. The van der Waals surface area contributed by atoms with E-state index in [-0.39, 0.29) is 6.04 Å². The Hall–Kier alpha value is -0.0900. The van der Waals surface area contributed by atoms with Crippen molar-refractivity contribution in [2.75, 3.05) is 18.1 Å². The second kappa shape index (κ2) is 4.30. The molecule has 1 aliphatic heterocycles. The van der Waals surface area contributed by atoms with Crippen LogP contribution < -0.4 is 5.32 Å². The Morgan fingerprint density at radius 1 is 1.38 bits per heavy atom. The number of sulfone groups is 1. The molecule has 4 heteroatoms. The summed E-state index contributed by atoms with van der Waals surface area (Å²) in [7, 11) is -2.76. The maximum absolute atomic E-state index is 11.5. The fourth-order valence-electron chi connectivity index (χ4n) is 2.65. The minimum Gasteiger partial charge on any atom is -0.312 e. The Morgan fingerprint density at radius 2 is 2.06 bits per heavy atom. The van der Waals surface area contributed by atoms with E-state index in [1.807, 2.05) is 0 Å². The van der Waals surface area contributed by atoms with Gasteiger partial charge >= 0.3 is 0 Å². The minimum absolute atomic E-state index is 0.204. The Kier molecular flexibility index (Phi) is 3.32. The highest BCUT2D eigenvalue weighted by Gasteiger charge is 2.45. The van der Waals surface area contributed by atoms with Gasteiger partial charge in [0.25, 0.3) is 0 Å². The zero-order valence-electron chi connectivity index (χ0n) is 10.3. The normalized spacial score (nSPS) is 31.6. The van der Waals surface area contributed by atoms with Crippen LogP contribution in [0.4, 0.5) is 0 Å². The van der Waals surface area contributed by atoms with E-state index < -0.39 is 9.84 Å². The molecule has 0 bridgehead atoms. The molecule has 0 aromatic rings. The predicted octanol–water partition coefficient (Wildman–Crippen LogP) is 1.59. The van der Waals surface area contributed by atoms with Gasteiger partial charge in [-0.2, -0.15) is 0 Å². The minimum atomic E-state index is -2.76. The molecule has 2 rings (SSSR count). The molecule has 1 saturated heterocycles. The van der Waals surface area contributed by atoms with Crippen molar-refractivity contribution in [3.63, 3.8) is 0 Å². The van der Waals surface area contributed by atoms with Gasteiger partial charge in [-0.3, -0.25) is 0 Å². The van der Waals surface area contributed by atoms with Crippen LogP contribution >= 0.6 is 0 Å². The van der Waals surface area contributed by atoms with E-state index in [0.29, 0.717) is 22.8 Å². The SMILES string of the molecule is CC(C)C1(CNC2CCCS(=O)(=O)C2)CC1. The van der Waals surface area contributed by atoms with E-state index in [9.17, 15) is 8.42 Å². The summed E-state index contributed by atoms with van der Waals surface area (Å²) < 4.78 is 23.0. The maximum Gasteiger partial charge on any atom is 0.151 e. The van der Waals surface area contributed by atoms with Crippen LogP contribution in [0.3, 0.4) is 0 Å². The summed E-state index contributed by atoms with van der Waals surface area (Å²) in [6.45, 7) is 5.55. The van der Waals surface area contributed by atoms with Gasteiger partial charge in [0, 0.05) is 12.6 Å². The van der Waals surface area contributed by atoms with Crippen LogP contribution in [0.1, 0.15) is 39.5 Å². The van der Waals surface area contributed by atoms with Crippen LogP contribution in [0.15, 0.2) is 0 Å². The second-order valence-corrected chi connectivity index (χ2v) is 8.08. The van der Waals surface area contributed by atoms with Crippen LogP contribution in [-0.4, -0.2) is 32.5 Å². The third kappa shape index (κ3) is 2.77. The van der Waals surface area contributed by atoms with Gasteiger partial charge in [-0.1, -0.05) is 13.8 Å². The molecule has 1 unspecified atom stereocenters. The molecular weight excluding hydrogens is 222 g/mol. The van der Waals surface area contributed by atoms with Gasteiger partial charge in [0.1, 0.15) is 0 Å². The van der Waals surface area contributed by atoms with Gasteiger partial charge < -0.3 is 5.32 Å². The third-order valence-corrected chi connectivity index (χ3v) is 6.14. The first kappa shape index (κ1) is 12.4. The second-order valence-electron chi connectivity index (χ2n) is 5.85. The molecule has 1 saturated carbocycles. The van der Waals surface area contributed by atoms with Crippen molar-refractivity contribution < 1.29 is 8.42 Å². The van der Waals surface area contributed by atoms with Crippen LogP contribution in [0.25, 0.3) is 0 Å². The lowest BCUT2D eigenvalue weighted by Gasteiger charge is -2.27. The predicted molar refractivity (Wildman–Crippen MR) is 66.2 cm³/mol. The van der Waals surface area contributed by atoms with Gasteiger partial charge in [0.05, 0.1) is 11.5 Å². The molecule has 1 heterocycles. The van der Waals surface area contributed by atoms with Crippen molar-refractivity contribution in [2.24, 2.45) is 11.3 Å². The molecule has 0 spiro atoms. The molecule has 1 aliphatic carbocycles. The lowest BCUT2D eigenvalue weighted by Crippen LogP contribution is -2.43. The number of rotatable bonds is 4. The van der Waals surface area contributed by atoms with Gasteiger partial charge in [0.2, 0.25) is 0 Å². The quantitative estimate of drug-likeness (QED) is 0.818. The summed E-state index contributed by atoms with van der Waals surface area (Å²) >= 11 is 0. The molecule has 0 radical (unpaired) electrons. The zero-order valence-corrected chi connectivity index (χ0v) is 11.1. The molecule has 0 aromatic heterocycles. The molecule has 16 heavy (non-hydrogen) atoms. The highest BCUT2D eigenvalue weighted by Crippen LogP contribution is 2.51. The fourth-order valence-corrected chi connectivity index (χ4v) is 4.32. The summed E-state index contributed by atoms with van der Waals surface area (Å²) in [6, 6.07) is 0.204. The summed E-state index contributed by atoms with van der Waals surface area (Å²) in [5, 5.41) is 3.48. The average molecular weight is 245 g/mol. The van der Waals surface area contributed by atoms with Crippen LogP contribution in [0.2, 0.25) is 0 Å². The summed E-state index contributed by atoms with van der Waals surface area (Å²) in [4.78, 5) is 0. The van der Waals surface area contributed by atoms with Crippen LogP contribution in [-0.2, 0) is 9.84 Å². The molecule has 3 nitrogen and oxygen atoms in total. The highest BCUT2D eigenvalue weighted by atomic mass is 32.2. The number of nitrogens with one attached hydrogen (secondary N) is 1. The van der Waals surface area contributed by atoms with Gasteiger partial charge in [-0.05, 0) is 37.0 Å². The van der Waals surface area contributed by atoms with Crippen LogP contribution in [0.5, 0.6) is 0 Å². The molecule has 2 fully saturated rings. The summed E-state index contributed by atoms with van der Waals surface area (Å²) in [6.07, 6.45) is 4.45. The molecule has 0 amide bonds. The van der Waals surface area contributed by atoms with E-state index in [2.05, 4.69) is 19.2 Å². The first-order valence-electron chi connectivity index (χ1n) is 6.37. The monoisotopic (exact) mass is 245 g/mol. The van der Waals surface area contributed by atoms with Crippen molar-refractivity contribution >= 4 is 9.84 Å². The summed E-state index contributed by atoms with van der Waals surface area (Å²) in [5.41, 5.74) is 0.473. The molecule has 1 N–H and O–H groups in total. The lowest BCUT2D eigenvalue weighted by molar-refractivity contribution is 0.318. The average Bonchev–Trinajstić information content (AvgIpc) is 2.94. The van der Waals surface area contributed by atoms with Crippen LogP contribution in [0, 0.1) is 11.3 Å². The largest absolute Gasteiger partial charge is 0.312 e. The zero-order chi connectivity index (χ0) is 11.8. The van der Waals surface area contributed by atoms with Crippen molar-refractivity contribution in [2.45, 2.75) is 45.6 Å². The summed E-state index contributed by atoms with van der Waals surface area (Å²) in [5.74, 6) is 1.45. The van der Waals surface area contributed by atoms with Gasteiger partial charge in [0.15, 0.2) is 9.84 Å². The Labute approximate surface area is 98.9 Å². The van der Waals surface area contributed by atoms with E-state index in [1.54, 1.807) is 0 Å². The van der Waals surface area contributed by atoms with Crippen molar-refractivity contribution in [1.29, 1.82) is 0 Å². The molecular formula is C12H23NO2S. The van der Waals surface area contributed by atoms with Crippen molar-refractivity contribution in [1.82, 2.24) is 5.32 Å². The topological polar surface area (TPSA) is 46.2 Å². The standard InChI is InChI=1S/C12H23NO2S/c1-10(2)12(5-6-12)9-13-11-4-3-7-16(14,15)8-11/h10-11,13H,3-9H2,1-2H3. The Balaban J connectivity index is 1.82.